The first kappa shape index (κ1) is 17.2. The van der Waals surface area contributed by atoms with Crippen LogP contribution in [0, 0.1) is 6.92 Å². The average Bonchev–Trinajstić information content (AvgIpc) is 2.72. The van der Waals surface area contributed by atoms with Crippen LogP contribution in [-0.2, 0) is 22.8 Å². The third-order valence-corrected chi connectivity index (χ3v) is 5.29. The molecule has 116 valence electrons. The maximum atomic E-state index is 11.8. The Bertz CT molecular complexity index is 523. The molecule has 6 heteroatoms. The van der Waals surface area contributed by atoms with E-state index in [0.29, 0.717) is 6.42 Å². The summed E-state index contributed by atoms with van der Waals surface area (Å²) in [4.78, 5) is 0. The van der Waals surface area contributed by atoms with Crippen LogP contribution in [0.1, 0.15) is 38.6 Å². The maximum absolute atomic E-state index is 11.8. The summed E-state index contributed by atoms with van der Waals surface area (Å²) in [5.41, 5.74) is 2.07. The molecule has 0 fully saturated rings. The van der Waals surface area contributed by atoms with Gasteiger partial charge in [0.1, 0.15) is 0 Å². The van der Waals surface area contributed by atoms with Gasteiger partial charge in [-0.1, -0.05) is 6.92 Å². The Hall–Kier alpha value is -0.880. The Morgan fingerprint density at radius 2 is 2.05 bits per heavy atom. The summed E-state index contributed by atoms with van der Waals surface area (Å²) in [7, 11) is -3.06. The third kappa shape index (κ3) is 4.59. The fourth-order valence-corrected chi connectivity index (χ4v) is 3.08. The molecular formula is C14H27N3O2S. The summed E-state index contributed by atoms with van der Waals surface area (Å²) in [5.74, 6) is 0. The van der Waals surface area contributed by atoms with Crippen molar-refractivity contribution in [2.75, 3.05) is 12.8 Å². The van der Waals surface area contributed by atoms with E-state index in [4.69, 9.17) is 0 Å². The fraction of sp³-hybridized carbons (Fsp3) is 0.786. The molecular weight excluding hydrogens is 274 g/mol. The van der Waals surface area contributed by atoms with Crippen LogP contribution in [0.4, 0.5) is 0 Å². The lowest BCUT2D eigenvalue weighted by molar-refractivity contribution is 0.466. The van der Waals surface area contributed by atoms with Crippen molar-refractivity contribution < 1.29 is 8.42 Å². The van der Waals surface area contributed by atoms with Crippen molar-refractivity contribution in [3.63, 3.8) is 0 Å². The van der Waals surface area contributed by atoms with E-state index in [9.17, 15) is 8.42 Å². The minimum absolute atomic E-state index is 0.0775. The minimum Gasteiger partial charge on any atom is -0.312 e. The van der Waals surface area contributed by atoms with Crippen molar-refractivity contribution in [1.29, 1.82) is 0 Å². The van der Waals surface area contributed by atoms with E-state index in [-0.39, 0.29) is 6.04 Å². The number of nitrogens with one attached hydrogen (secondary N) is 1. The highest BCUT2D eigenvalue weighted by Gasteiger charge is 2.26. The second-order valence-electron chi connectivity index (χ2n) is 5.39. The monoisotopic (exact) mass is 301 g/mol. The minimum atomic E-state index is -3.06. The van der Waals surface area contributed by atoms with Gasteiger partial charge in [-0.25, -0.2) is 8.42 Å². The summed E-state index contributed by atoms with van der Waals surface area (Å²) in [6.07, 6.45) is 2.97. The Morgan fingerprint density at radius 1 is 1.40 bits per heavy atom. The van der Waals surface area contributed by atoms with Gasteiger partial charge < -0.3 is 5.32 Å². The lowest BCUT2D eigenvalue weighted by Crippen LogP contribution is -2.44. The second kappa shape index (κ2) is 7.22. The highest BCUT2D eigenvalue weighted by Crippen LogP contribution is 2.13. The molecule has 0 spiro atoms. The van der Waals surface area contributed by atoms with E-state index in [1.807, 2.05) is 24.6 Å². The Kier molecular flexibility index (Phi) is 6.20. The molecule has 0 radical (unpaired) electrons. The summed E-state index contributed by atoms with van der Waals surface area (Å²) < 4.78 is 25.6. The van der Waals surface area contributed by atoms with Crippen molar-refractivity contribution in [2.45, 2.75) is 58.4 Å². The molecule has 0 saturated carbocycles. The molecule has 1 heterocycles. The smallest absolute Gasteiger partial charge is 0.151 e. The van der Waals surface area contributed by atoms with Crippen molar-refractivity contribution >= 4 is 9.84 Å². The molecule has 5 nitrogen and oxygen atoms in total. The molecule has 1 aromatic rings. The van der Waals surface area contributed by atoms with Crippen LogP contribution in [0.15, 0.2) is 6.07 Å². The van der Waals surface area contributed by atoms with Gasteiger partial charge in [0, 0.05) is 31.0 Å². The first-order valence-corrected chi connectivity index (χ1v) is 9.20. The topological polar surface area (TPSA) is 64.0 Å². The van der Waals surface area contributed by atoms with Crippen LogP contribution < -0.4 is 5.32 Å². The van der Waals surface area contributed by atoms with Crippen molar-refractivity contribution in [2.24, 2.45) is 0 Å². The molecule has 1 rings (SSSR count). The van der Waals surface area contributed by atoms with Crippen LogP contribution in [0.2, 0.25) is 0 Å². The second-order valence-corrected chi connectivity index (χ2v) is 7.79. The number of aryl methyl sites for hydroxylation is 2. The van der Waals surface area contributed by atoms with Gasteiger partial charge in [-0.05, 0) is 39.8 Å². The first-order valence-electron chi connectivity index (χ1n) is 7.25. The maximum Gasteiger partial charge on any atom is 0.151 e. The van der Waals surface area contributed by atoms with E-state index in [1.165, 1.54) is 6.26 Å². The predicted octanol–water partition coefficient (Wildman–Crippen LogP) is 1.56. The molecule has 2 unspecified atom stereocenters. The SMILES string of the molecule is CCCNC(Cc1cc(C)nn1CC)C(C)S(C)(=O)=O. The molecule has 0 aliphatic heterocycles. The molecule has 0 saturated heterocycles. The summed E-state index contributed by atoms with van der Waals surface area (Å²) in [6, 6.07) is 1.96. The zero-order valence-corrected chi connectivity index (χ0v) is 14.0. The number of hydrogen-bond donors (Lipinski definition) is 1. The lowest BCUT2D eigenvalue weighted by Gasteiger charge is -2.24. The average molecular weight is 301 g/mol. The van der Waals surface area contributed by atoms with Gasteiger partial charge in [0.2, 0.25) is 0 Å². The molecule has 0 aliphatic rings. The van der Waals surface area contributed by atoms with Crippen LogP contribution in [0.3, 0.4) is 0 Å². The van der Waals surface area contributed by atoms with Gasteiger partial charge in [0.15, 0.2) is 9.84 Å². The van der Waals surface area contributed by atoms with Crippen LogP contribution in [-0.4, -0.2) is 42.3 Å². The fourth-order valence-electron chi connectivity index (χ4n) is 2.29. The standard InChI is InChI=1S/C14H27N3O2S/c1-6-8-15-14(12(4)20(5,18)19)10-13-9-11(3)16-17(13)7-2/h9,12,14-15H,6-8,10H2,1-5H3. The molecule has 0 amide bonds. The number of sulfone groups is 1. The molecule has 0 aromatic carbocycles. The normalized spacial score (nSPS) is 15.2. The molecule has 0 aliphatic carbocycles. The quantitative estimate of drug-likeness (QED) is 0.791. The van der Waals surface area contributed by atoms with Crippen molar-refractivity contribution in [1.82, 2.24) is 15.1 Å². The van der Waals surface area contributed by atoms with E-state index in [2.05, 4.69) is 17.3 Å². The highest BCUT2D eigenvalue weighted by atomic mass is 32.2. The predicted molar refractivity (Wildman–Crippen MR) is 82.7 cm³/mol. The Morgan fingerprint density at radius 3 is 2.55 bits per heavy atom. The molecule has 1 N–H and O–H groups in total. The zero-order chi connectivity index (χ0) is 15.3. The van der Waals surface area contributed by atoms with Gasteiger partial charge in [0.25, 0.3) is 0 Å². The van der Waals surface area contributed by atoms with Gasteiger partial charge in [0.05, 0.1) is 10.9 Å². The van der Waals surface area contributed by atoms with E-state index in [1.54, 1.807) is 6.92 Å². The highest BCUT2D eigenvalue weighted by molar-refractivity contribution is 7.91. The third-order valence-electron chi connectivity index (χ3n) is 3.61. The molecule has 20 heavy (non-hydrogen) atoms. The van der Waals surface area contributed by atoms with Crippen LogP contribution in [0.25, 0.3) is 0 Å². The van der Waals surface area contributed by atoms with Crippen LogP contribution >= 0.6 is 0 Å². The Labute approximate surface area is 122 Å². The number of hydrogen-bond acceptors (Lipinski definition) is 4. The number of rotatable bonds is 8. The van der Waals surface area contributed by atoms with Gasteiger partial charge in [-0.3, -0.25) is 4.68 Å². The van der Waals surface area contributed by atoms with Gasteiger partial charge >= 0.3 is 0 Å². The molecule has 2 atom stereocenters. The van der Waals surface area contributed by atoms with Gasteiger partial charge in [-0.2, -0.15) is 5.10 Å². The largest absolute Gasteiger partial charge is 0.312 e. The Balaban J connectivity index is 2.94. The number of nitrogens with zero attached hydrogens (tertiary/aromatic N) is 2. The number of aromatic nitrogens is 2. The van der Waals surface area contributed by atoms with Crippen molar-refractivity contribution in [3.05, 3.63) is 17.5 Å². The van der Waals surface area contributed by atoms with Gasteiger partial charge in [-0.15, -0.1) is 0 Å². The first-order chi connectivity index (χ1) is 9.29. The van der Waals surface area contributed by atoms with Crippen molar-refractivity contribution in [3.8, 4) is 0 Å². The summed E-state index contributed by atoms with van der Waals surface area (Å²) in [6.45, 7) is 9.49. The summed E-state index contributed by atoms with van der Waals surface area (Å²) >= 11 is 0. The molecule has 1 aromatic heterocycles. The van der Waals surface area contributed by atoms with Crippen LogP contribution in [0.5, 0.6) is 0 Å². The molecule has 0 bridgehead atoms. The summed E-state index contributed by atoms with van der Waals surface area (Å²) in [5, 5.41) is 7.38. The van der Waals surface area contributed by atoms with E-state index < -0.39 is 15.1 Å². The van der Waals surface area contributed by atoms with E-state index >= 15 is 0 Å². The lowest BCUT2D eigenvalue weighted by atomic mass is 10.1. The van der Waals surface area contributed by atoms with E-state index in [0.717, 1.165) is 30.9 Å². The zero-order valence-electron chi connectivity index (χ0n) is 13.2.